The molecule has 1 fully saturated rings. The minimum atomic E-state index is -4.41. The topological polar surface area (TPSA) is 88.1 Å². The number of carbonyl (C=O) groups is 1. The Bertz CT molecular complexity index is 698. The molecule has 1 aliphatic heterocycles. The summed E-state index contributed by atoms with van der Waals surface area (Å²) in [6, 6.07) is 3.28. The molecule has 0 aliphatic carbocycles. The third-order valence-corrected chi connectivity index (χ3v) is 4.23. The molecule has 0 aromatic carbocycles. The number of aliphatic imine (C=N–C) groups is 1. The number of alkyl halides is 3. The molecule has 0 unspecified atom stereocenters. The minimum absolute atomic E-state index is 0. The SMILES string of the molecule is CCOC(=O)N1CCC(NC(=NC)NCc2ccnc(OCC(F)(F)F)c2)CC1.I. The molecule has 1 aliphatic rings. The van der Waals surface area contributed by atoms with Gasteiger partial charge in [0.1, 0.15) is 0 Å². The zero-order chi connectivity index (χ0) is 21.3. The first-order valence-electron chi connectivity index (χ1n) is 9.34. The summed E-state index contributed by atoms with van der Waals surface area (Å²) in [5, 5.41) is 6.41. The van der Waals surface area contributed by atoms with Gasteiger partial charge in [0.2, 0.25) is 5.88 Å². The van der Waals surface area contributed by atoms with Crippen LogP contribution in [-0.4, -0.2) is 67.5 Å². The lowest BCUT2D eigenvalue weighted by atomic mass is 10.1. The number of pyridine rings is 1. The normalized spacial score (nSPS) is 15.2. The van der Waals surface area contributed by atoms with E-state index in [0.29, 0.717) is 37.8 Å². The lowest BCUT2D eigenvalue weighted by Crippen LogP contribution is -2.49. The molecular weight excluding hydrogens is 518 g/mol. The Balaban J connectivity index is 0.00000450. The first kappa shape index (κ1) is 26.0. The van der Waals surface area contributed by atoms with Gasteiger partial charge in [-0.05, 0) is 31.4 Å². The molecule has 0 radical (unpaired) electrons. The van der Waals surface area contributed by atoms with Gasteiger partial charge in [0, 0.05) is 45.0 Å². The quantitative estimate of drug-likeness (QED) is 0.325. The van der Waals surface area contributed by atoms with Crippen LogP contribution in [0.2, 0.25) is 0 Å². The van der Waals surface area contributed by atoms with Crippen molar-refractivity contribution in [2.75, 3.05) is 33.4 Å². The number of rotatable bonds is 6. The van der Waals surface area contributed by atoms with Crippen LogP contribution in [0.25, 0.3) is 0 Å². The first-order chi connectivity index (χ1) is 13.8. The predicted octanol–water partition coefficient (Wildman–Crippen LogP) is 2.93. The maximum atomic E-state index is 12.3. The highest BCUT2D eigenvalue weighted by atomic mass is 127. The fourth-order valence-corrected chi connectivity index (χ4v) is 2.79. The molecule has 170 valence electrons. The zero-order valence-electron chi connectivity index (χ0n) is 16.9. The summed E-state index contributed by atoms with van der Waals surface area (Å²) in [5.41, 5.74) is 0.706. The Labute approximate surface area is 190 Å². The highest BCUT2D eigenvalue weighted by Crippen LogP contribution is 2.17. The van der Waals surface area contributed by atoms with E-state index < -0.39 is 12.8 Å². The molecule has 2 heterocycles. The molecule has 1 aromatic rings. The van der Waals surface area contributed by atoms with Gasteiger partial charge in [-0.15, -0.1) is 24.0 Å². The Morgan fingerprint density at radius 3 is 2.67 bits per heavy atom. The molecule has 0 atom stereocenters. The lowest BCUT2D eigenvalue weighted by Gasteiger charge is -2.32. The molecule has 2 rings (SSSR count). The molecule has 1 saturated heterocycles. The van der Waals surface area contributed by atoms with E-state index in [2.05, 4.69) is 25.3 Å². The summed E-state index contributed by atoms with van der Waals surface area (Å²) in [6.45, 7) is 2.27. The van der Waals surface area contributed by atoms with Gasteiger partial charge in [0.15, 0.2) is 12.6 Å². The number of aromatic nitrogens is 1. The van der Waals surface area contributed by atoms with Crippen molar-refractivity contribution in [1.82, 2.24) is 20.5 Å². The summed E-state index contributed by atoms with van der Waals surface area (Å²) in [6.07, 6.45) is -1.81. The van der Waals surface area contributed by atoms with E-state index in [1.165, 1.54) is 12.3 Å². The number of ether oxygens (including phenoxy) is 2. The van der Waals surface area contributed by atoms with Crippen LogP contribution >= 0.6 is 24.0 Å². The fourth-order valence-electron chi connectivity index (χ4n) is 2.79. The first-order valence-corrected chi connectivity index (χ1v) is 9.34. The summed E-state index contributed by atoms with van der Waals surface area (Å²) in [4.78, 5) is 21.4. The molecule has 8 nitrogen and oxygen atoms in total. The van der Waals surface area contributed by atoms with Crippen molar-refractivity contribution in [3.05, 3.63) is 23.9 Å². The number of guanidine groups is 1. The van der Waals surface area contributed by atoms with Gasteiger partial charge in [0.25, 0.3) is 0 Å². The van der Waals surface area contributed by atoms with Crippen LogP contribution in [0.15, 0.2) is 23.3 Å². The van der Waals surface area contributed by atoms with E-state index >= 15 is 0 Å². The van der Waals surface area contributed by atoms with E-state index in [4.69, 9.17) is 4.74 Å². The smallest absolute Gasteiger partial charge is 0.422 e. The van der Waals surface area contributed by atoms with Gasteiger partial charge in [0.05, 0.1) is 6.61 Å². The molecule has 0 saturated carbocycles. The Morgan fingerprint density at radius 1 is 1.37 bits per heavy atom. The van der Waals surface area contributed by atoms with Gasteiger partial charge in [-0.25, -0.2) is 9.78 Å². The fraction of sp³-hybridized carbons (Fsp3) is 0.611. The number of carbonyl (C=O) groups excluding carboxylic acids is 1. The van der Waals surface area contributed by atoms with Crippen LogP contribution in [0.5, 0.6) is 5.88 Å². The second-order valence-electron chi connectivity index (χ2n) is 6.44. The van der Waals surface area contributed by atoms with Gasteiger partial charge in [-0.2, -0.15) is 13.2 Å². The highest BCUT2D eigenvalue weighted by Gasteiger charge is 2.28. The predicted molar refractivity (Wildman–Crippen MR) is 116 cm³/mol. The number of nitrogens with one attached hydrogen (secondary N) is 2. The number of amides is 1. The standard InChI is InChI=1S/C18H26F3N5O3.HI/c1-3-28-17(27)26-8-5-14(6-9-26)25-16(22-2)24-11-13-4-7-23-15(10-13)29-12-18(19,20)21;/h4,7,10,14H,3,5-6,8-9,11-12H2,1-2H3,(H2,22,24,25);1H. The van der Waals surface area contributed by atoms with Crippen LogP contribution in [0.1, 0.15) is 25.3 Å². The van der Waals surface area contributed by atoms with E-state index in [0.717, 1.165) is 12.8 Å². The molecule has 0 bridgehead atoms. The summed E-state index contributed by atoms with van der Waals surface area (Å²) in [7, 11) is 1.63. The van der Waals surface area contributed by atoms with Crippen molar-refractivity contribution in [3.8, 4) is 5.88 Å². The second kappa shape index (κ2) is 12.6. The molecule has 12 heteroatoms. The molecule has 1 aromatic heterocycles. The minimum Gasteiger partial charge on any atom is -0.468 e. The van der Waals surface area contributed by atoms with Gasteiger partial charge in [-0.1, -0.05) is 0 Å². The second-order valence-corrected chi connectivity index (χ2v) is 6.44. The Morgan fingerprint density at radius 2 is 2.07 bits per heavy atom. The third kappa shape index (κ3) is 9.22. The van der Waals surface area contributed by atoms with Gasteiger partial charge >= 0.3 is 12.3 Å². The lowest BCUT2D eigenvalue weighted by molar-refractivity contribution is -0.154. The van der Waals surface area contributed by atoms with Gasteiger partial charge < -0.3 is 25.0 Å². The highest BCUT2D eigenvalue weighted by molar-refractivity contribution is 14.0. The summed E-state index contributed by atoms with van der Waals surface area (Å²) in [5.74, 6) is 0.477. The van der Waals surface area contributed by atoms with Crippen molar-refractivity contribution in [3.63, 3.8) is 0 Å². The largest absolute Gasteiger partial charge is 0.468 e. The van der Waals surface area contributed by atoms with Crippen LogP contribution in [0.3, 0.4) is 0 Å². The van der Waals surface area contributed by atoms with Crippen LogP contribution in [0.4, 0.5) is 18.0 Å². The number of halogens is 4. The molecular formula is C18H27F3IN5O3. The van der Waals surface area contributed by atoms with Crippen molar-refractivity contribution in [2.45, 2.75) is 38.5 Å². The van der Waals surface area contributed by atoms with Crippen LogP contribution in [0, 0.1) is 0 Å². The van der Waals surface area contributed by atoms with Crippen molar-refractivity contribution in [1.29, 1.82) is 0 Å². The van der Waals surface area contributed by atoms with E-state index in [9.17, 15) is 18.0 Å². The number of hydrogen-bond donors (Lipinski definition) is 2. The zero-order valence-corrected chi connectivity index (χ0v) is 19.2. The maximum Gasteiger partial charge on any atom is 0.422 e. The van der Waals surface area contributed by atoms with Gasteiger partial charge in [-0.3, -0.25) is 4.99 Å². The van der Waals surface area contributed by atoms with Crippen molar-refractivity contribution in [2.24, 2.45) is 4.99 Å². The number of hydrogen-bond acceptors (Lipinski definition) is 5. The van der Waals surface area contributed by atoms with Crippen LogP contribution < -0.4 is 15.4 Å². The Hall–Kier alpha value is -1.99. The maximum absolute atomic E-state index is 12.3. The van der Waals surface area contributed by atoms with E-state index in [1.807, 2.05) is 0 Å². The number of piperidine rings is 1. The van der Waals surface area contributed by atoms with E-state index in [-0.39, 0.29) is 42.0 Å². The molecule has 0 spiro atoms. The average molecular weight is 545 g/mol. The molecule has 30 heavy (non-hydrogen) atoms. The third-order valence-electron chi connectivity index (χ3n) is 4.23. The van der Waals surface area contributed by atoms with Crippen molar-refractivity contribution >= 4 is 36.0 Å². The molecule has 1 amide bonds. The number of nitrogens with zero attached hydrogens (tertiary/aromatic N) is 3. The van der Waals surface area contributed by atoms with Crippen molar-refractivity contribution < 1.29 is 27.4 Å². The number of likely N-dealkylation sites (tertiary alicyclic amines) is 1. The summed E-state index contributed by atoms with van der Waals surface area (Å²) < 4.78 is 46.4. The van der Waals surface area contributed by atoms with E-state index in [1.54, 1.807) is 24.9 Å². The average Bonchev–Trinajstić information content (AvgIpc) is 2.70. The summed E-state index contributed by atoms with van der Waals surface area (Å²) >= 11 is 0. The Kier molecular flexibility index (Phi) is 11.0. The van der Waals surface area contributed by atoms with Crippen LogP contribution in [-0.2, 0) is 11.3 Å². The monoisotopic (exact) mass is 545 g/mol. The molecule has 2 N–H and O–H groups in total.